The molecule has 4 nitrogen and oxygen atoms in total. The summed E-state index contributed by atoms with van der Waals surface area (Å²) in [6.45, 7) is 5.08. The molecule has 1 saturated carbocycles. The van der Waals surface area contributed by atoms with Crippen molar-refractivity contribution in [3.8, 4) is 0 Å². The minimum absolute atomic E-state index is 0.0475. The van der Waals surface area contributed by atoms with Gasteiger partial charge in [-0.15, -0.1) is 0 Å². The van der Waals surface area contributed by atoms with Gasteiger partial charge in [-0.2, -0.15) is 0 Å². The second kappa shape index (κ2) is 6.53. The highest BCUT2D eigenvalue weighted by molar-refractivity contribution is 5.00. The van der Waals surface area contributed by atoms with Gasteiger partial charge in [0.2, 0.25) is 0 Å². The van der Waals surface area contributed by atoms with E-state index in [4.69, 9.17) is 14.2 Å². The maximum Gasteiger partial charge on any atom is 0.0942 e. The Morgan fingerprint density at radius 2 is 1.86 bits per heavy atom. The van der Waals surface area contributed by atoms with Crippen molar-refractivity contribution in [3.63, 3.8) is 0 Å². The summed E-state index contributed by atoms with van der Waals surface area (Å²) in [6, 6.07) is 0. The van der Waals surface area contributed by atoms with Crippen molar-refractivity contribution in [1.29, 1.82) is 0 Å². The Hall–Kier alpha value is -0.160. The molecule has 2 unspecified atom stereocenters. The Kier molecular flexibility index (Phi) is 4.89. The summed E-state index contributed by atoms with van der Waals surface area (Å²) in [7, 11) is 0. The summed E-state index contributed by atoms with van der Waals surface area (Å²) >= 11 is 0. The van der Waals surface area contributed by atoms with E-state index in [2.05, 4.69) is 0 Å². The Labute approximate surface area is 128 Å². The molecule has 1 aliphatic carbocycles. The molecule has 3 aliphatic rings. The smallest absolute Gasteiger partial charge is 0.0942 e. The van der Waals surface area contributed by atoms with Crippen LogP contribution in [-0.4, -0.2) is 48.8 Å². The van der Waals surface area contributed by atoms with Gasteiger partial charge in [-0.1, -0.05) is 12.8 Å². The van der Waals surface area contributed by atoms with Crippen molar-refractivity contribution in [2.45, 2.75) is 75.6 Å². The summed E-state index contributed by atoms with van der Waals surface area (Å²) in [5.74, 6) is 0.307. The normalized spacial score (nSPS) is 33.1. The molecule has 0 bridgehead atoms. The van der Waals surface area contributed by atoms with Gasteiger partial charge in [-0.3, -0.25) is 0 Å². The fourth-order valence-corrected chi connectivity index (χ4v) is 4.64. The number of aliphatic hydroxyl groups excluding tert-OH is 1. The first-order chi connectivity index (χ1) is 10.2. The maximum atomic E-state index is 11.1. The topological polar surface area (TPSA) is 47.9 Å². The van der Waals surface area contributed by atoms with Crippen LogP contribution in [0.3, 0.4) is 0 Å². The van der Waals surface area contributed by atoms with Crippen LogP contribution in [0.15, 0.2) is 0 Å². The van der Waals surface area contributed by atoms with Crippen LogP contribution < -0.4 is 0 Å². The van der Waals surface area contributed by atoms with Crippen LogP contribution in [0, 0.1) is 5.92 Å². The first-order valence-corrected chi connectivity index (χ1v) is 8.73. The molecule has 0 aromatic heterocycles. The first-order valence-electron chi connectivity index (χ1n) is 8.73. The van der Waals surface area contributed by atoms with Gasteiger partial charge in [0.1, 0.15) is 0 Å². The first kappa shape index (κ1) is 15.7. The lowest BCUT2D eigenvalue weighted by molar-refractivity contribution is -0.190. The van der Waals surface area contributed by atoms with E-state index in [9.17, 15) is 5.11 Å². The molecule has 1 spiro atoms. The molecule has 1 N–H and O–H groups in total. The molecule has 4 heteroatoms. The largest absolute Gasteiger partial charge is 0.390 e. The molecule has 21 heavy (non-hydrogen) atoms. The van der Waals surface area contributed by atoms with Gasteiger partial charge in [0, 0.05) is 26.4 Å². The van der Waals surface area contributed by atoms with Crippen molar-refractivity contribution in [3.05, 3.63) is 0 Å². The van der Waals surface area contributed by atoms with E-state index in [1.807, 2.05) is 6.92 Å². The quantitative estimate of drug-likeness (QED) is 0.867. The van der Waals surface area contributed by atoms with Crippen molar-refractivity contribution in [2.75, 3.05) is 26.4 Å². The molecule has 0 amide bonds. The molecular formula is C17H30O4. The zero-order valence-electron chi connectivity index (χ0n) is 13.3. The standard InChI is InChI=1S/C17H30O4/c1-2-20-17(6-3-4-7-17)15(18)14-5-10-21-16(13-14)8-11-19-12-9-16/h14-15,18H,2-13H2,1H3. The van der Waals surface area contributed by atoms with E-state index in [0.717, 1.165) is 58.3 Å². The number of rotatable bonds is 4. The van der Waals surface area contributed by atoms with Crippen LogP contribution in [0.5, 0.6) is 0 Å². The predicted molar refractivity (Wildman–Crippen MR) is 80.3 cm³/mol. The van der Waals surface area contributed by atoms with E-state index >= 15 is 0 Å². The van der Waals surface area contributed by atoms with Crippen LogP contribution >= 0.6 is 0 Å². The summed E-state index contributed by atoms with van der Waals surface area (Å²) in [4.78, 5) is 0. The molecule has 3 fully saturated rings. The molecule has 0 aromatic rings. The summed E-state index contributed by atoms with van der Waals surface area (Å²) in [5.41, 5.74) is -0.336. The highest BCUT2D eigenvalue weighted by Crippen LogP contribution is 2.45. The number of ether oxygens (including phenoxy) is 3. The molecule has 2 saturated heterocycles. The minimum atomic E-state index is -0.344. The Morgan fingerprint density at radius 1 is 1.14 bits per heavy atom. The van der Waals surface area contributed by atoms with Crippen molar-refractivity contribution in [2.24, 2.45) is 5.92 Å². The lowest BCUT2D eigenvalue weighted by atomic mass is 9.74. The average molecular weight is 298 g/mol. The molecule has 2 aliphatic heterocycles. The lowest BCUT2D eigenvalue weighted by Crippen LogP contribution is -2.53. The molecule has 2 heterocycles. The van der Waals surface area contributed by atoms with Gasteiger partial charge in [0.15, 0.2) is 0 Å². The number of hydrogen-bond acceptors (Lipinski definition) is 4. The monoisotopic (exact) mass is 298 g/mol. The second-order valence-corrected chi connectivity index (χ2v) is 7.05. The summed E-state index contributed by atoms with van der Waals surface area (Å²) < 4.78 is 17.7. The Morgan fingerprint density at radius 3 is 2.52 bits per heavy atom. The average Bonchev–Trinajstić information content (AvgIpc) is 2.97. The lowest BCUT2D eigenvalue weighted by Gasteiger charge is -2.47. The highest BCUT2D eigenvalue weighted by Gasteiger charge is 2.49. The number of aliphatic hydroxyl groups is 1. The highest BCUT2D eigenvalue weighted by atomic mass is 16.5. The third-order valence-corrected chi connectivity index (χ3v) is 5.80. The van der Waals surface area contributed by atoms with Gasteiger partial charge < -0.3 is 19.3 Å². The van der Waals surface area contributed by atoms with Crippen LogP contribution in [0.1, 0.15) is 58.3 Å². The molecule has 0 radical (unpaired) electrons. The second-order valence-electron chi connectivity index (χ2n) is 7.05. The Balaban J connectivity index is 1.69. The number of hydrogen-bond donors (Lipinski definition) is 1. The van der Waals surface area contributed by atoms with Gasteiger partial charge in [0.05, 0.1) is 17.3 Å². The van der Waals surface area contributed by atoms with Crippen LogP contribution in [-0.2, 0) is 14.2 Å². The van der Waals surface area contributed by atoms with Crippen LogP contribution in [0.2, 0.25) is 0 Å². The fraction of sp³-hybridized carbons (Fsp3) is 1.00. The van der Waals surface area contributed by atoms with Crippen molar-refractivity contribution < 1.29 is 19.3 Å². The zero-order valence-corrected chi connectivity index (χ0v) is 13.3. The van der Waals surface area contributed by atoms with E-state index < -0.39 is 0 Å². The SMILES string of the molecule is CCOC1(C(O)C2CCOC3(CCOCC3)C2)CCCC1. The van der Waals surface area contributed by atoms with Crippen LogP contribution in [0.25, 0.3) is 0 Å². The van der Waals surface area contributed by atoms with Gasteiger partial charge in [-0.25, -0.2) is 0 Å². The van der Waals surface area contributed by atoms with E-state index in [1.165, 1.54) is 12.8 Å². The van der Waals surface area contributed by atoms with E-state index in [-0.39, 0.29) is 17.3 Å². The van der Waals surface area contributed by atoms with Gasteiger partial charge in [0.25, 0.3) is 0 Å². The maximum absolute atomic E-state index is 11.1. The van der Waals surface area contributed by atoms with E-state index in [0.29, 0.717) is 12.5 Å². The fourth-order valence-electron chi connectivity index (χ4n) is 4.64. The molecule has 0 aromatic carbocycles. The third-order valence-electron chi connectivity index (χ3n) is 5.80. The van der Waals surface area contributed by atoms with Gasteiger partial charge >= 0.3 is 0 Å². The Bertz CT molecular complexity index is 326. The minimum Gasteiger partial charge on any atom is -0.390 e. The zero-order chi connectivity index (χ0) is 14.8. The van der Waals surface area contributed by atoms with E-state index in [1.54, 1.807) is 0 Å². The predicted octanol–water partition coefficient (Wildman–Crippen LogP) is 2.67. The van der Waals surface area contributed by atoms with Crippen molar-refractivity contribution in [1.82, 2.24) is 0 Å². The third kappa shape index (κ3) is 3.14. The molecule has 2 atom stereocenters. The van der Waals surface area contributed by atoms with Crippen LogP contribution in [0.4, 0.5) is 0 Å². The van der Waals surface area contributed by atoms with Crippen molar-refractivity contribution >= 4 is 0 Å². The van der Waals surface area contributed by atoms with Gasteiger partial charge in [-0.05, 0) is 51.4 Å². The molecule has 3 rings (SSSR count). The molecule has 122 valence electrons. The summed E-state index contributed by atoms with van der Waals surface area (Å²) in [5, 5.41) is 11.1. The summed E-state index contributed by atoms with van der Waals surface area (Å²) in [6.07, 6.45) is 7.90. The molecular weight excluding hydrogens is 268 g/mol.